The summed E-state index contributed by atoms with van der Waals surface area (Å²) in [5.74, 6) is 0. The summed E-state index contributed by atoms with van der Waals surface area (Å²) < 4.78 is 3.14. The minimum Gasteiger partial charge on any atom is -0.365 e. The van der Waals surface area contributed by atoms with Crippen molar-refractivity contribution in [2.75, 3.05) is 11.4 Å². The van der Waals surface area contributed by atoms with Gasteiger partial charge in [0.1, 0.15) is 0 Å². The molecule has 0 aliphatic carbocycles. The lowest BCUT2D eigenvalue weighted by Gasteiger charge is -2.24. The van der Waals surface area contributed by atoms with E-state index in [2.05, 4.69) is 79.7 Å². The van der Waals surface area contributed by atoms with Crippen molar-refractivity contribution < 1.29 is 0 Å². The lowest BCUT2D eigenvalue weighted by atomic mass is 10.1. The summed E-state index contributed by atoms with van der Waals surface area (Å²) in [6.45, 7) is 4.67. The Balaban J connectivity index is 1.77. The van der Waals surface area contributed by atoms with Crippen molar-refractivity contribution in [2.24, 2.45) is 0 Å². The second-order valence-corrected chi connectivity index (χ2v) is 6.73. The van der Waals surface area contributed by atoms with Crippen LogP contribution < -0.4 is 4.90 Å². The van der Waals surface area contributed by atoms with Gasteiger partial charge in [-0.2, -0.15) is 0 Å². The highest BCUT2D eigenvalue weighted by molar-refractivity contribution is 9.10. The number of anilines is 1. The van der Waals surface area contributed by atoms with Crippen molar-refractivity contribution in [3.8, 4) is 11.3 Å². The summed E-state index contributed by atoms with van der Waals surface area (Å²) in [5.41, 5.74) is 5.88. The summed E-state index contributed by atoms with van der Waals surface area (Å²) in [4.78, 5) is 2.42. The third-order valence-corrected chi connectivity index (χ3v) is 4.74. The third kappa shape index (κ3) is 2.65. The molecule has 0 spiro atoms. The van der Waals surface area contributed by atoms with E-state index in [0.29, 0.717) is 0 Å². The molecule has 3 aromatic rings. The highest BCUT2D eigenvalue weighted by Crippen LogP contribution is 2.35. The van der Waals surface area contributed by atoms with Crippen LogP contribution in [0, 0.1) is 6.92 Å². The van der Waals surface area contributed by atoms with Crippen molar-refractivity contribution >= 4 is 21.6 Å². The minimum atomic E-state index is 0.846. The fraction of sp³-hybridized carbons (Fsp3) is 0.222. The van der Waals surface area contributed by atoms with Crippen LogP contribution in [0.1, 0.15) is 11.3 Å². The van der Waals surface area contributed by atoms with E-state index >= 15 is 0 Å². The number of aryl methyl sites for hydroxylation is 1. The largest absolute Gasteiger partial charge is 0.365 e. The molecular formula is C18H17BrN4. The van der Waals surface area contributed by atoms with Crippen LogP contribution in [0.4, 0.5) is 5.69 Å². The first-order valence-electron chi connectivity index (χ1n) is 7.71. The van der Waals surface area contributed by atoms with Gasteiger partial charge in [0.2, 0.25) is 0 Å². The molecule has 2 aromatic carbocycles. The predicted octanol–water partition coefficient (Wildman–Crippen LogP) is 4.04. The van der Waals surface area contributed by atoms with E-state index in [1.165, 1.54) is 16.8 Å². The molecule has 1 aliphatic rings. The Bertz CT molecular complexity index is 856. The Morgan fingerprint density at radius 2 is 1.96 bits per heavy atom. The summed E-state index contributed by atoms with van der Waals surface area (Å²) in [5, 5.41) is 8.55. The SMILES string of the molecule is Cc1nnn2c1-c1ccccc1N(Cc1cccc(Br)c1)CC2. The van der Waals surface area contributed by atoms with E-state index < -0.39 is 0 Å². The number of para-hydroxylation sites is 1. The number of benzene rings is 2. The van der Waals surface area contributed by atoms with Gasteiger partial charge in [0.05, 0.1) is 17.9 Å². The van der Waals surface area contributed by atoms with Crippen molar-refractivity contribution in [2.45, 2.75) is 20.0 Å². The highest BCUT2D eigenvalue weighted by atomic mass is 79.9. The summed E-state index contributed by atoms with van der Waals surface area (Å²) in [6.07, 6.45) is 0. The van der Waals surface area contributed by atoms with Gasteiger partial charge < -0.3 is 4.90 Å². The van der Waals surface area contributed by atoms with E-state index in [4.69, 9.17) is 0 Å². The number of hydrogen-bond donors (Lipinski definition) is 0. The van der Waals surface area contributed by atoms with E-state index in [9.17, 15) is 0 Å². The quantitative estimate of drug-likeness (QED) is 0.684. The average Bonchev–Trinajstić information content (AvgIpc) is 2.84. The maximum atomic E-state index is 4.30. The van der Waals surface area contributed by atoms with Crippen LogP contribution in [0.15, 0.2) is 53.0 Å². The van der Waals surface area contributed by atoms with Gasteiger partial charge in [0.25, 0.3) is 0 Å². The van der Waals surface area contributed by atoms with Crippen LogP contribution in [-0.4, -0.2) is 21.5 Å². The Hall–Kier alpha value is -2.14. The first-order valence-corrected chi connectivity index (χ1v) is 8.50. The molecule has 4 nitrogen and oxygen atoms in total. The first-order chi connectivity index (χ1) is 11.2. The Kier molecular flexibility index (Phi) is 3.65. The second-order valence-electron chi connectivity index (χ2n) is 5.82. The van der Waals surface area contributed by atoms with Gasteiger partial charge in [-0.1, -0.05) is 51.5 Å². The molecule has 1 aliphatic heterocycles. The molecule has 0 saturated heterocycles. The summed E-state index contributed by atoms with van der Waals surface area (Å²) in [7, 11) is 0. The number of fused-ring (bicyclic) bond motifs is 3. The number of halogens is 1. The second kappa shape index (κ2) is 5.81. The fourth-order valence-electron chi connectivity index (χ4n) is 3.20. The standard InChI is InChI=1S/C18H17BrN4/c1-13-18-16-7-2-3-8-17(16)22(9-10-23(18)21-20-13)12-14-5-4-6-15(19)11-14/h2-8,11H,9-10,12H2,1H3. The number of hydrogen-bond acceptors (Lipinski definition) is 3. The van der Waals surface area contributed by atoms with Gasteiger partial charge >= 0.3 is 0 Å². The van der Waals surface area contributed by atoms with E-state index in [-0.39, 0.29) is 0 Å². The number of aromatic nitrogens is 3. The van der Waals surface area contributed by atoms with E-state index in [0.717, 1.165) is 35.5 Å². The number of nitrogens with zero attached hydrogens (tertiary/aromatic N) is 4. The maximum Gasteiger partial charge on any atom is 0.0936 e. The summed E-state index contributed by atoms with van der Waals surface area (Å²) in [6, 6.07) is 17.0. The van der Waals surface area contributed by atoms with Crippen LogP contribution in [0.25, 0.3) is 11.3 Å². The van der Waals surface area contributed by atoms with Crippen molar-refractivity contribution in [3.63, 3.8) is 0 Å². The van der Waals surface area contributed by atoms with E-state index in [1.807, 2.05) is 11.6 Å². The average molecular weight is 369 g/mol. The van der Waals surface area contributed by atoms with Crippen LogP contribution >= 0.6 is 15.9 Å². The lowest BCUT2D eigenvalue weighted by molar-refractivity contribution is 0.586. The molecular weight excluding hydrogens is 352 g/mol. The van der Waals surface area contributed by atoms with Gasteiger partial charge in [-0.3, -0.25) is 0 Å². The molecule has 0 radical (unpaired) electrons. The van der Waals surface area contributed by atoms with Gasteiger partial charge in [-0.05, 0) is 30.7 Å². The topological polar surface area (TPSA) is 34.0 Å². The molecule has 0 bridgehead atoms. The molecule has 0 N–H and O–H groups in total. The van der Waals surface area contributed by atoms with Crippen molar-refractivity contribution in [3.05, 3.63) is 64.3 Å². The smallest absolute Gasteiger partial charge is 0.0936 e. The molecule has 0 unspecified atom stereocenters. The molecule has 5 heteroatoms. The van der Waals surface area contributed by atoms with Gasteiger partial charge in [-0.25, -0.2) is 4.68 Å². The molecule has 116 valence electrons. The van der Waals surface area contributed by atoms with Gasteiger partial charge in [0.15, 0.2) is 0 Å². The zero-order chi connectivity index (χ0) is 15.8. The zero-order valence-corrected chi connectivity index (χ0v) is 14.5. The normalized spacial score (nSPS) is 13.4. The lowest BCUT2D eigenvalue weighted by Crippen LogP contribution is -2.25. The van der Waals surface area contributed by atoms with Crippen LogP contribution in [0.3, 0.4) is 0 Å². The molecule has 0 fully saturated rings. The minimum absolute atomic E-state index is 0.846. The van der Waals surface area contributed by atoms with Crippen LogP contribution in [-0.2, 0) is 13.1 Å². The summed E-state index contributed by atoms with van der Waals surface area (Å²) >= 11 is 3.56. The Morgan fingerprint density at radius 1 is 1.09 bits per heavy atom. The fourth-order valence-corrected chi connectivity index (χ4v) is 3.64. The van der Waals surface area contributed by atoms with Gasteiger partial charge in [-0.15, -0.1) is 5.10 Å². The molecule has 23 heavy (non-hydrogen) atoms. The monoisotopic (exact) mass is 368 g/mol. The van der Waals surface area contributed by atoms with Crippen molar-refractivity contribution in [1.82, 2.24) is 15.0 Å². The molecule has 2 heterocycles. The molecule has 4 rings (SSSR count). The Morgan fingerprint density at radius 3 is 2.83 bits per heavy atom. The molecule has 0 amide bonds. The molecule has 0 saturated carbocycles. The van der Waals surface area contributed by atoms with Gasteiger partial charge in [0, 0.05) is 28.8 Å². The molecule has 1 aromatic heterocycles. The van der Waals surface area contributed by atoms with E-state index in [1.54, 1.807) is 0 Å². The highest BCUT2D eigenvalue weighted by Gasteiger charge is 2.22. The zero-order valence-electron chi connectivity index (χ0n) is 12.9. The first kappa shape index (κ1) is 14.5. The van der Waals surface area contributed by atoms with Crippen LogP contribution in [0.2, 0.25) is 0 Å². The predicted molar refractivity (Wildman–Crippen MR) is 95.4 cm³/mol. The maximum absolute atomic E-state index is 4.30. The number of rotatable bonds is 2. The Labute approximate surface area is 143 Å². The van der Waals surface area contributed by atoms with Crippen LogP contribution in [0.5, 0.6) is 0 Å². The third-order valence-electron chi connectivity index (χ3n) is 4.25. The molecule has 0 atom stereocenters. The van der Waals surface area contributed by atoms with Crippen molar-refractivity contribution in [1.29, 1.82) is 0 Å².